The van der Waals surface area contributed by atoms with Crippen molar-refractivity contribution in [1.29, 1.82) is 0 Å². The molecule has 0 fully saturated rings. The summed E-state index contributed by atoms with van der Waals surface area (Å²) in [5.41, 5.74) is 0. The highest BCUT2D eigenvalue weighted by atomic mass is 16.2. The zero-order valence-corrected chi connectivity index (χ0v) is 4.36. The van der Waals surface area contributed by atoms with E-state index in [-0.39, 0.29) is 0 Å². The number of nitrogens with one attached hydrogen (secondary N) is 2. The molecular formula is C3H8N3O. The lowest BCUT2D eigenvalue weighted by Crippen LogP contribution is -2.33. The lowest BCUT2D eigenvalue weighted by molar-refractivity contribution is 0.209. The number of hydrogen-bond donors (Lipinski definition) is 1. The summed E-state index contributed by atoms with van der Waals surface area (Å²) in [5.74, 6) is 6.60. The van der Waals surface area contributed by atoms with Crippen molar-refractivity contribution in [1.82, 2.24) is 16.2 Å². The van der Waals surface area contributed by atoms with Gasteiger partial charge in [0.25, 0.3) is 0 Å². The van der Waals surface area contributed by atoms with Gasteiger partial charge in [-0.05, 0) is 0 Å². The van der Waals surface area contributed by atoms with Gasteiger partial charge in [-0.2, -0.15) is 0 Å². The second kappa shape index (κ2) is 2.41. The molecule has 4 heteroatoms. The van der Waals surface area contributed by atoms with Gasteiger partial charge in [0, 0.05) is 14.1 Å². The van der Waals surface area contributed by atoms with Gasteiger partial charge in [0.2, 0.25) is 0 Å². The number of carbonyl (C=O) groups is 1. The maximum atomic E-state index is 10.1. The smallest absolute Gasteiger partial charge is 0.332 e. The van der Waals surface area contributed by atoms with E-state index in [0.717, 1.165) is 5.01 Å². The van der Waals surface area contributed by atoms with Crippen molar-refractivity contribution in [3.05, 3.63) is 0 Å². The van der Waals surface area contributed by atoms with Crippen LogP contribution in [0, 0.1) is 0 Å². The minimum Gasteiger partial charge on any atom is -0.340 e. The van der Waals surface area contributed by atoms with Crippen molar-refractivity contribution < 1.29 is 4.79 Å². The van der Waals surface area contributed by atoms with E-state index in [0.29, 0.717) is 0 Å². The van der Waals surface area contributed by atoms with Gasteiger partial charge in [0.15, 0.2) is 0 Å². The molecular weight excluding hydrogens is 94.1 g/mol. The Kier molecular flexibility index (Phi) is 2.15. The van der Waals surface area contributed by atoms with Gasteiger partial charge in [0.05, 0.1) is 0 Å². The van der Waals surface area contributed by atoms with Crippen molar-refractivity contribution in [2.75, 3.05) is 14.1 Å². The number of hydrogen-bond acceptors (Lipinski definition) is 1. The fraction of sp³-hybridized carbons (Fsp3) is 0.667. The molecule has 0 aliphatic heterocycles. The number of amides is 2. The van der Waals surface area contributed by atoms with E-state index in [9.17, 15) is 4.79 Å². The molecule has 0 spiro atoms. The standard InChI is InChI=1S/C3H8N3O/c1-5-3(7)6(2)4/h4H,1-2H3,(H,5,7). The third kappa shape index (κ3) is 1.99. The van der Waals surface area contributed by atoms with E-state index in [1.807, 2.05) is 0 Å². The number of rotatable bonds is 0. The highest BCUT2D eigenvalue weighted by Crippen LogP contribution is 1.68. The molecule has 0 bridgehead atoms. The molecule has 1 radical (unpaired) electrons. The molecule has 2 N–H and O–H groups in total. The van der Waals surface area contributed by atoms with Gasteiger partial charge in [0.1, 0.15) is 0 Å². The van der Waals surface area contributed by atoms with Crippen LogP contribution in [-0.4, -0.2) is 25.1 Å². The predicted octanol–water partition coefficient (Wildman–Crippen LogP) is -0.545. The van der Waals surface area contributed by atoms with E-state index in [1.54, 1.807) is 0 Å². The third-order valence-electron chi connectivity index (χ3n) is 0.519. The third-order valence-corrected chi connectivity index (χ3v) is 0.519. The molecule has 0 aromatic heterocycles. The van der Waals surface area contributed by atoms with Crippen molar-refractivity contribution >= 4 is 6.03 Å². The molecule has 2 amide bonds. The normalized spacial score (nSPS) is 7.86. The summed E-state index contributed by atoms with van der Waals surface area (Å²) in [6, 6.07) is -0.403. The van der Waals surface area contributed by atoms with Gasteiger partial charge < -0.3 is 5.32 Å². The molecule has 41 valence electrons. The lowest BCUT2D eigenvalue weighted by atomic mass is 10.9. The number of nitrogens with zero attached hydrogens (tertiary/aromatic N) is 1. The molecule has 0 atom stereocenters. The largest absolute Gasteiger partial charge is 0.340 e. The molecule has 0 saturated heterocycles. The first-order chi connectivity index (χ1) is 3.18. The monoisotopic (exact) mass is 102 g/mol. The topological polar surface area (TPSA) is 56.1 Å². The van der Waals surface area contributed by atoms with E-state index >= 15 is 0 Å². The maximum absolute atomic E-state index is 10.1. The van der Waals surface area contributed by atoms with E-state index in [4.69, 9.17) is 5.84 Å². The van der Waals surface area contributed by atoms with Crippen LogP contribution in [0.5, 0.6) is 0 Å². The Hall–Kier alpha value is -0.770. The average Bonchev–Trinajstić information content (AvgIpc) is 1.65. The molecule has 4 nitrogen and oxygen atoms in total. The van der Waals surface area contributed by atoms with Crippen LogP contribution in [0.15, 0.2) is 0 Å². The molecule has 0 aromatic rings. The molecule has 0 unspecified atom stereocenters. The highest BCUT2D eigenvalue weighted by Gasteiger charge is 1.96. The van der Waals surface area contributed by atoms with Crippen molar-refractivity contribution in [2.24, 2.45) is 0 Å². The van der Waals surface area contributed by atoms with Gasteiger partial charge in [-0.25, -0.2) is 9.80 Å². The zero-order valence-electron chi connectivity index (χ0n) is 4.36. The van der Waals surface area contributed by atoms with Crippen LogP contribution in [0.3, 0.4) is 0 Å². The van der Waals surface area contributed by atoms with Crippen LogP contribution in [0.1, 0.15) is 0 Å². The summed E-state index contributed by atoms with van der Waals surface area (Å²) >= 11 is 0. The van der Waals surface area contributed by atoms with Gasteiger partial charge in [-0.3, -0.25) is 0 Å². The van der Waals surface area contributed by atoms with Crippen molar-refractivity contribution in [3.63, 3.8) is 0 Å². The molecule has 0 aromatic carbocycles. The first-order valence-corrected chi connectivity index (χ1v) is 1.85. The summed E-state index contributed by atoms with van der Waals surface area (Å²) < 4.78 is 0. The summed E-state index contributed by atoms with van der Waals surface area (Å²) in [4.78, 5) is 10.1. The van der Waals surface area contributed by atoms with Gasteiger partial charge in [-0.1, -0.05) is 0 Å². The van der Waals surface area contributed by atoms with Crippen LogP contribution < -0.4 is 11.2 Å². The van der Waals surface area contributed by atoms with Gasteiger partial charge >= 0.3 is 6.03 Å². The summed E-state index contributed by atoms with van der Waals surface area (Å²) in [6.07, 6.45) is 0. The molecule has 7 heavy (non-hydrogen) atoms. The Morgan fingerprint density at radius 1 is 1.86 bits per heavy atom. The Morgan fingerprint density at radius 3 is 2.29 bits per heavy atom. The Morgan fingerprint density at radius 2 is 2.29 bits per heavy atom. The minimum atomic E-state index is -0.403. The van der Waals surface area contributed by atoms with E-state index in [1.165, 1.54) is 14.1 Å². The maximum Gasteiger partial charge on any atom is 0.332 e. The van der Waals surface area contributed by atoms with Crippen molar-refractivity contribution in [3.8, 4) is 0 Å². The number of carbonyl (C=O) groups excluding carboxylic acids is 1. The second-order valence-electron chi connectivity index (χ2n) is 1.11. The second-order valence-corrected chi connectivity index (χ2v) is 1.11. The summed E-state index contributed by atoms with van der Waals surface area (Å²) in [5, 5.41) is 2.99. The van der Waals surface area contributed by atoms with E-state index in [2.05, 4.69) is 5.32 Å². The van der Waals surface area contributed by atoms with Crippen LogP contribution in [0.2, 0.25) is 0 Å². The molecule has 0 aliphatic rings. The van der Waals surface area contributed by atoms with Gasteiger partial charge in [-0.15, -0.1) is 5.84 Å². The lowest BCUT2D eigenvalue weighted by Gasteiger charge is -2.04. The first-order valence-electron chi connectivity index (χ1n) is 1.85. The summed E-state index contributed by atoms with van der Waals surface area (Å²) in [7, 11) is 2.84. The van der Waals surface area contributed by atoms with E-state index < -0.39 is 6.03 Å². The van der Waals surface area contributed by atoms with Crippen LogP contribution in [0.4, 0.5) is 4.79 Å². The molecule has 0 saturated carbocycles. The fourth-order valence-electron chi connectivity index (χ4n) is 0.168. The van der Waals surface area contributed by atoms with Crippen molar-refractivity contribution in [2.45, 2.75) is 0 Å². The van der Waals surface area contributed by atoms with Crippen LogP contribution >= 0.6 is 0 Å². The average molecular weight is 102 g/mol. The molecule has 0 heterocycles. The first kappa shape index (κ1) is 6.23. The highest BCUT2D eigenvalue weighted by molar-refractivity contribution is 5.72. The molecule has 0 rings (SSSR count). The van der Waals surface area contributed by atoms with Crippen LogP contribution in [-0.2, 0) is 0 Å². The Bertz CT molecular complexity index is 70.6. The summed E-state index contributed by atoms with van der Waals surface area (Å²) in [6.45, 7) is 0. The van der Waals surface area contributed by atoms with Crippen LogP contribution in [0.25, 0.3) is 0 Å². The Labute approximate surface area is 42.3 Å². The zero-order chi connectivity index (χ0) is 5.86. The fourth-order valence-corrected chi connectivity index (χ4v) is 0.168. The Balaban J connectivity index is 3.35. The SMILES string of the molecule is CNC(=O)N(C)[NH]. The minimum absolute atomic E-state index is 0.403. The number of urea groups is 1. The predicted molar refractivity (Wildman–Crippen MR) is 25.3 cm³/mol. The molecule has 0 aliphatic carbocycles. The quantitative estimate of drug-likeness (QED) is 0.410.